The third-order valence-electron chi connectivity index (χ3n) is 5.50. The average Bonchev–Trinajstić information content (AvgIpc) is 3.17. The maximum Gasteiger partial charge on any atom is 0.288 e. The Labute approximate surface area is 223 Å². The molecule has 0 aliphatic rings. The highest BCUT2D eigenvalue weighted by atomic mass is 35.5. The summed E-state index contributed by atoms with van der Waals surface area (Å²) < 4.78 is 21.0. The first-order chi connectivity index (χ1) is 17.2. The molecule has 0 saturated heterocycles. The van der Waals surface area contributed by atoms with E-state index in [1.165, 1.54) is 0 Å². The summed E-state index contributed by atoms with van der Waals surface area (Å²) in [6, 6.07) is 7.64. The molecule has 0 saturated carbocycles. The average molecular weight is 555 g/mol. The van der Waals surface area contributed by atoms with Gasteiger partial charge in [0.2, 0.25) is 5.91 Å². The zero-order chi connectivity index (χ0) is 26.2. The second kappa shape index (κ2) is 13.2. The van der Waals surface area contributed by atoms with E-state index in [1.54, 1.807) is 43.5 Å². The monoisotopic (exact) mass is 553 g/mol. The minimum Gasteiger partial charge on any atom is -0.449 e. The number of nitrogens with zero attached hydrogens (tertiary/aromatic N) is 1. The Balaban J connectivity index is 1.47. The number of carbonyl (C=O) groups is 2. The third kappa shape index (κ3) is 7.52. The van der Waals surface area contributed by atoms with Gasteiger partial charge in [-0.15, -0.1) is 4.72 Å². The van der Waals surface area contributed by atoms with Gasteiger partial charge >= 0.3 is 0 Å². The number of amides is 2. The van der Waals surface area contributed by atoms with Crippen molar-refractivity contribution < 1.29 is 18.2 Å². The highest BCUT2D eigenvalue weighted by molar-refractivity contribution is 7.83. The van der Waals surface area contributed by atoms with Gasteiger partial charge in [-0.25, -0.2) is 0 Å². The van der Waals surface area contributed by atoms with Gasteiger partial charge in [0, 0.05) is 29.9 Å². The van der Waals surface area contributed by atoms with Crippen molar-refractivity contribution in [3.05, 3.63) is 57.9 Å². The lowest BCUT2D eigenvalue weighted by atomic mass is 10.0. The third-order valence-corrected chi connectivity index (χ3v) is 7.52. The van der Waals surface area contributed by atoms with Crippen molar-refractivity contribution in [2.45, 2.75) is 51.0 Å². The molecule has 0 fully saturated rings. The molecule has 36 heavy (non-hydrogen) atoms. The zero-order valence-electron chi connectivity index (χ0n) is 20.4. The molecule has 8 nitrogen and oxygen atoms in total. The fourth-order valence-corrected chi connectivity index (χ4v) is 5.33. The summed E-state index contributed by atoms with van der Waals surface area (Å²) in [6.07, 6.45) is 3.49. The van der Waals surface area contributed by atoms with Crippen LogP contribution in [0.3, 0.4) is 0 Å². The van der Waals surface area contributed by atoms with Crippen LogP contribution in [0.15, 0.2) is 45.8 Å². The van der Waals surface area contributed by atoms with E-state index in [0.29, 0.717) is 64.0 Å². The molecule has 0 bridgehead atoms. The molecule has 0 aliphatic carbocycles. The van der Waals surface area contributed by atoms with Gasteiger partial charge in [0.25, 0.3) is 5.91 Å². The SMILES string of the molecule is Cc1c(C(=O)N[C@@H](CC(C)C)C(=O)NCCCCN[SH+](=O)c2ccc(Cl)cc2Cl)oc2cccnc12. The van der Waals surface area contributed by atoms with Crippen LogP contribution in [0, 0.1) is 12.8 Å². The van der Waals surface area contributed by atoms with E-state index in [0.717, 1.165) is 0 Å². The zero-order valence-corrected chi connectivity index (χ0v) is 22.8. The number of aromatic nitrogens is 1. The molecule has 2 aromatic heterocycles. The number of pyridine rings is 1. The van der Waals surface area contributed by atoms with Gasteiger partial charge in [0.15, 0.2) is 27.2 Å². The van der Waals surface area contributed by atoms with E-state index in [4.69, 9.17) is 27.6 Å². The lowest BCUT2D eigenvalue weighted by molar-refractivity contribution is -0.123. The number of thiol groups is 1. The van der Waals surface area contributed by atoms with Crippen molar-refractivity contribution >= 4 is 57.1 Å². The molecule has 2 atom stereocenters. The van der Waals surface area contributed by atoms with Crippen LogP contribution in [0.2, 0.25) is 10.0 Å². The number of benzene rings is 1. The first-order valence-electron chi connectivity index (χ1n) is 11.8. The van der Waals surface area contributed by atoms with E-state index in [2.05, 4.69) is 20.3 Å². The smallest absolute Gasteiger partial charge is 0.288 e. The number of hydrogen-bond acceptors (Lipinski definition) is 5. The second-order valence-electron chi connectivity index (χ2n) is 8.86. The largest absolute Gasteiger partial charge is 0.449 e. The number of rotatable bonds is 12. The Morgan fingerprint density at radius 1 is 1.14 bits per heavy atom. The lowest BCUT2D eigenvalue weighted by Gasteiger charge is -2.20. The van der Waals surface area contributed by atoms with Crippen LogP contribution in [0.25, 0.3) is 11.1 Å². The van der Waals surface area contributed by atoms with Crippen LogP contribution in [-0.2, 0) is 20.0 Å². The van der Waals surface area contributed by atoms with Gasteiger partial charge < -0.3 is 15.1 Å². The molecule has 3 N–H and O–H groups in total. The van der Waals surface area contributed by atoms with Gasteiger partial charge in [0.1, 0.15) is 11.6 Å². The molecular formula is C25H31Cl2N4O4S+. The summed E-state index contributed by atoms with van der Waals surface area (Å²) in [5.41, 5.74) is 1.79. The van der Waals surface area contributed by atoms with Gasteiger partial charge in [-0.3, -0.25) is 14.6 Å². The van der Waals surface area contributed by atoms with E-state index < -0.39 is 22.9 Å². The van der Waals surface area contributed by atoms with Gasteiger partial charge in [0.05, 0.1) is 5.02 Å². The van der Waals surface area contributed by atoms with Crippen LogP contribution in [0.4, 0.5) is 0 Å². The van der Waals surface area contributed by atoms with E-state index >= 15 is 0 Å². The lowest BCUT2D eigenvalue weighted by Crippen LogP contribution is -2.47. The number of halogens is 2. The molecule has 0 aliphatic heterocycles. The second-order valence-corrected chi connectivity index (χ2v) is 11.1. The topological polar surface area (TPSA) is 113 Å². The Bertz CT molecular complexity index is 1250. The summed E-state index contributed by atoms with van der Waals surface area (Å²) in [5.74, 6) is -0.345. The van der Waals surface area contributed by atoms with E-state index in [1.807, 2.05) is 13.8 Å². The first-order valence-corrected chi connectivity index (χ1v) is 13.8. The van der Waals surface area contributed by atoms with Crippen molar-refractivity contribution in [1.82, 2.24) is 20.3 Å². The van der Waals surface area contributed by atoms with Gasteiger partial charge in [-0.05, 0) is 62.4 Å². The predicted molar refractivity (Wildman–Crippen MR) is 144 cm³/mol. The van der Waals surface area contributed by atoms with Crippen molar-refractivity contribution in [3.8, 4) is 0 Å². The van der Waals surface area contributed by atoms with Crippen molar-refractivity contribution in [2.24, 2.45) is 5.92 Å². The highest BCUT2D eigenvalue weighted by Crippen LogP contribution is 2.24. The fourth-order valence-electron chi connectivity index (χ4n) is 3.69. The Morgan fingerprint density at radius 3 is 2.58 bits per heavy atom. The number of hydrogen-bond donors (Lipinski definition) is 3. The van der Waals surface area contributed by atoms with Crippen LogP contribution >= 0.6 is 23.2 Å². The number of carbonyl (C=O) groups excluding carboxylic acids is 2. The number of unbranched alkanes of at least 4 members (excludes halogenated alkanes) is 1. The molecule has 3 rings (SSSR count). The minimum absolute atomic E-state index is 0.159. The standard InChI is InChI=1S/C25H30Cl2N4O4S/c1-15(2)13-19(31-25(33)23-16(3)22-20(35-23)7-6-11-28-22)24(32)29-10-4-5-12-30-36(34)21-9-8-17(26)14-18(21)27/h6-9,11,14-15,19H,4-5,10,12-13H2,1-3H3,(H,29,32)(H,30,34)(H,31,33)/p+1/t19-,36?/m0/s1. The fraction of sp³-hybridized carbons (Fsp3) is 0.400. The van der Waals surface area contributed by atoms with Crippen LogP contribution in [0.1, 0.15) is 49.2 Å². The normalized spacial score (nSPS) is 13.1. The molecule has 2 heterocycles. The molecule has 1 unspecified atom stereocenters. The summed E-state index contributed by atoms with van der Waals surface area (Å²) in [5, 5.41) is 6.55. The summed E-state index contributed by atoms with van der Waals surface area (Å²) >= 11 is 12.0. The molecule has 0 spiro atoms. The molecular weight excluding hydrogens is 523 g/mol. The summed E-state index contributed by atoms with van der Waals surface area (Å²) in [6.45, 7) is 6.67. The Hall–Kier alpha value is -2.46. The van der Waals surface area contributed by atoms with Gasteiger partial charge in [-0.1, -0.05) is 41.3 Å². The van der Waals surface area contributed by atoms with Crippen LogP contribution in [-0.4, -0.2) is 35.9 Å². The van der Waals surface area contributed by atoms with E-state index in [-0.39, 0.29) is 17.6 Å². The summed E-state index contributed by atoms with van der Waals surface area (Å²) in [4.78, 5) is 30.5. The molecule has 3 aromatic rings. The van der Waals surface area contributed by atoms with Crippen molar-refractivity contribution in [2.75, 3.05) is 13.1 Å². The maximum absolute atomic E-state index is 12.9. The predicted octanol–water partition coefficient (Wildman–Crippen LogP) is 4.74. The number of aryl methyl sites for hydroxylation is 1. The minimum atomic E-state index is -1.84. The molecule has 1 aromatic carbocycles. The van der Waals surface area contributed by atoms with Crippen molar-refractivity contribution in [1.29, 1.82) is 0 Å². The van der Waals surface area contributed by atoms with Crippen LogP contribution in [0.5, 0.6) is 0 Å². The van der Waals surface area contributed by atoms with E-state index in [9.17, 15) is 13.8 Å². The first kappa shape index (κ1) is 28.1. The molecule has 0 radical (unpaired) electrons. The Morgan fingerprint density at radius 2 is 1.89 bits per heavy atom. The number of furan rings is 1. The quantitative estimate of drug-likeness (QED) is 0.170. The Kier molecular flexibility index (Phi) is 10.3. The van der Waals surface area contributed by atoms with Gasteiger partial charge in [-0.2, -0.15) is 0 Å². The molecule has 2 amide bonds. The molecule has 11 heteroatoms. The maximum atomic E-state index is 12.9. The highest BCUT2D eigenvalue weighted by Gasteiger charge is 2.26. The van der Waals surface area contributed by atoms with Crippen LogP contribution < -0.4 is 15.4 Å². The molecule has 194 valence electrons. The number of fused-ring (bicyclic) bond motifs is 1. The summed E-state index contributed by atoms with van der Waals surface area (Å²) in [7, 11) is -1.84. The number of nitrogens with one attached hydrogen (secondary N) is 3. The van der Waals surface area contributed by atoms with Crippen molar-refractivity contribution in [3.63, 3.8) is 0 Å².